The van der Waals surface area contributed by atoms with Gasteiger partial charge in [0.05, 0.1) is 18.9 Å². The van der Waals surface area contributed by atoms with Gasteiger partial charge in [0, 0.05) is 17.6 Å². The molecule has 1 N–H and O–H groups in total. The number of nitrogens with one attached hydrogen (secondary N) is 1. The molecule has 1 heterocycles. The lowest BCUT2D eigenvalue weighted by atomic mass is 9.69. The molecule has 0 saturated carbocycles. The molecular formula is C26H43F2NO6Si. The molecule has 0 spiro atoms. The number of amides is 1. The second kappa shape index (κ2) is 11.8. The Hall–Kier alpha value is -1.62. The zero-order valence-electron chi connectivity index (χ0n) is 23.2. The Kier molecular flexibility index (Phi) is 10.1. The monoisotopic (exact) mass is 531 g/mol. The van der Waals surface area contributed by atoms with E-state index in [-0.39, 0.29) is 17.9 Å². The van der Waals surface area contributed by atoms with Gasteiger partial charge in [-0.25, -0.2) is 8.78 Å². The summed E-state index contributed by atoms with van der Waals surface area (Å²) in [5, 5.41) is 2.63. The van der Waals surface area contributed by atoms with Crippen LogP contribution >= 0.6 is 0 Å². The third kappa shape index (κ3) is 6.62. The minimum Gasteiger partial charge on any atom is -0.465 e. The fourth-order valence-corrected chi connectivity index (χ4v) is 4.78. The lowest BCUT2D eigenvalue weighted by molar-refractivity contribution is -0.214. The summed E-state index contributed by atoms with van der Waals surface area (Å²) in [6.45, 7) is 15.3. The Morgan fingerprint density at radius 1 is 1.14 bits per heavy atom. The van der Waals surface area contributed by atoms with Crippen molar-refractivity contribution in [2.75, 3.05) is 19.8 Å². The van der Waals surface area contributed by atoms with Crippen LogP contribution < -0.4 is 5.32 Å². The number of ether oxygens (including phenoxy) is 3. The number of rotatable bonds is 8. The number of allylic oxidation sites excluding steroid dienone is 2. The molecule has 3 atom stereocenters. The van der Waals surface area contributed by atoms with Crippen molar-refractivity contribution in [1.82, 2.24) is 5.32 Å². The van der Waals surface area contributed by atoms with Crippen molar-refractivity contribution in [3.05, 3.63) is 22.9 Å². The van der Waals surface area contributed by atoms with E-state index in [4.69, 9.17) is 18.6 Å². The molecule has 1 fully saturated rings. The number of hydrogen-bond acceptors (Lipinski definition) is 6. The van der Waals surface area contributed by atoms with Crippen molar-refractivity contribution in [2.24, 2.45) is 16.2 Å². The Bertz CT molecular complexity index is 884. The molecule has 2 aliphatic rings. The van der Waals surface area contributed by atoms with E-state index in [1.165, 1.54) is 0 Å². The normalized spacial score (nSPS) is 25.9. The van der Waals surface area contributed by atoms with Crippen LogP contribution in [0, 0.1) is 16.2 Å². The minimum absolute atomic E-state index is 0.0358. The molecule has 0 aromatic heterocycles. The third-order valence-electron chi connectivity index (χ3n) is 6.18. The maximum atomic E-state index is 16.4. The highest BCUT2D eigenvalue weighted by Gasteiger charge is 2.60. The highest BCUT2D eigenvalue weighted by molar-refractivity contribution is 6.48. The summed E-state index contributed by atoms with van der Waals surface area (Å²) in [5.41, 5.74) is -4.70. The van der Waals surface area contributed by atoms with E-state index >= 15 is 8.78 Å². The second-order valence-corrected chi connectivity index (χ2v) is 14.2. The standard InChI is InChI=1S/C26H43F2NO6Si/c1-10-32-23(31)26(15-34-36(8)9)20(29-22(30)25(5,6)7)18(27)17(24(2,3)4)19(28)21(26)35-16-13-11-12-14-33-16/h16,21,36H,10-15H2,1-9H3,(H,29,30). The van der Waals surface area contributed by atoms with Crippen molar-refractivity contribution in [3.8, 4) is 0 Å². The van der Waals surface area contributed by atoms with Gasteiger partial charge in [0.25, 0.3) is 0 Å². The largest absolute Gasteiger partial charge is 0.465 e. The van der Waals surface area contributed by atoms with E-state index in [2.05, 4.69) is 5.32 Å². The van der Waals surface area contributed by atoms with Crippen LogP contribution in [0.2, 0.25) is 13.1 Å². The predicted molar refractivity (Wildman–Crippen MR) is 136 cm³/mol. The van der Waals surface area contributed by atoms with Crippen LogP contribution in [-0.4, -0.2) is 53.1 Å². The molecule has 0 aromatic rings. The van der Waals surface area contributed by atoms with E-state index in [9.17, 15) is 9.59 Å². The lowest BCUT2D eigenvalue weighted by Crippen LogP contribution is -2.58. The summed E-state index contributed by atoms with van der Waals surface area (Å²) in [5.74, 6) is -3.40. The summed E-state index contributed by atoms with van der Waals surface area (Å²) >= 11 is 0. The molecule has 0 bridgehead atoms. The van der Waals surface area contributed by atoms with Crippen molar-refractivity contribution in [2.45, 2.75) is 93.2 Å². The highest BCUT2D eigenvalue weighted by atomic mass is 28.3. The fraction of sp³-hybridized carbons (Fsp3) is 0.769. The summed E-state index contributed by atoms with van der Waals surface area (Å²) in [6.07, 6.45) is -0.293. The zero-order chi connectivity index (χ0) is 27.5. The van der Waals surface area contributed by atoms with Crippen molar-refractivity contribution < 1.29 is 37.0 Å². The molecule has 0 aromatic carbocycles. The van der Waals surface area contributed by atoms with E-state index in [1.54, 1.807) is 48.5 Å². The Balaban J connectivity index is 2.86. The molecule has 2 rings (SSSR count). The number of carbonyl (C=O) groups excluding carboxylic acids is 2. The molecule has 206 valence electrons. The lowest BCUT2D eigenvalue weighted by Gasteiger charge is -2.45. The molecule has 10 heteroatoms. The summed E-state index contributed by atoms with van der Waals surface area (Å²) in [4.78, 5) is 26.9. The molecule has 7 nitrogen and oxygen atoms in total. The van der Waals surface area contributed by atoms with Gasteiger partial charge in [-0.15, -0.1) is 0 Å². The minimum atomic E-state index is -2.11. The van der Waals surface area contributed by atoms with E-state index < -0.39 is 67.8 Å². The van der Waals surface area contributed by atoms with Gasteiger partial charge >= 0.3 is 5.97 Å². The first-order valence-electron chi connectivity index (χ1n) is 12.8. The van der Waals surface area contributed by atoms with Crippen LogP contribution in [0.15, 0.2) is 22.9 Å². The Morgan fingerprint density at radius 3 is 2.25 bits per heavy atom. The van der Waals surface area contributed by atoms with Crippen molar-refractivity contribution in [1.29, 1.82) is 0 Å². The van der Waals surface area contributed by atoms with Gasteiger partial charge in [-0.05, 0) is 44.7 Å². The average Bonchev–Trinajstić information content (AvgIpc) is 2.75. The van der Waals surface area contributed by atoms with Crippen molar-refractivity contribution >= 4 is 20.9 Å². The molecule has 36 heavy (non-hydrogen) atoms. The van der Waals surface area contributed by atoms with Gasteiger partial charge in [0.15, 0.2) is 20.7 Å². The van der Waals surface area contributed by atoms with Crippen LogP contribution in [0.25, 0.3) is 0 Å². The molecule has 1 saturated heterocycles. The van der Waals surface area contributed by atoms with E-state index in [1.807, 2.05) is 13.1 Å². The van der Waals surface area contributed by atoms with Gasteiger partial charge in [0.2, 0.25) is 5.91 Å². The molecule has 0 radical (unpaired) electrons. The predicted octanol–water partition coefficient (Wildman–Crippen LogP) is 5.07. The molecule has 1 amide bonds. The first kappa shape index (κ1) is 30.6. The van der Waals surface area contributed by atoms with Gasteiger partial charge < -0.3 is 24.0 Å². The number of halogens is 2. The first-order chi connectivity index (χ1) is 16.6. The van der Waals surface area contributed by atoms with Crippen LogP contribution in [0.3, 0.4) is 0 Å². The third-order valence-corrected chi connectivity index (χ3v) is 7.01. The average molecular weight is 532 g/mol. The second-order valence-electron chi connectivity index (χ2n) is 11.7. The van der Waals surface area contributed by atoms with Gasteiger partial charge in [0.1, 0.15) is 17.8 Å². The maximum absolute atomic E-state index is 16.4. The number of carbonyl (C=O) groups is 2. The smallest absolute Gasteiger partial charge is 0.323 e. The quantitative estimate of drug-likeness (QED) is 0.348. The van der Waals surface area contributed by atoms with Crippen LogP contribution in [0.4, 0.5) is 8.78 Å². The van der Waals surface area contributed by atoms with Crippen molar-refractivity contribution in [3.63, 3.8) is 0 Å². The Morgan fingerprint density at radius 2 is 1.78 bits per heavy atom. The zero-order valence-corrected chi connectivity index (χ0v) is 24.3. The number of esters is 1. The van der Waals surface area contributed by atoms with E-state index in [0.29, 0.717) is 13.0 Å². The molecular weight excluding hydrogens is 488 g/mol. The van der Waals surface area contributed by atoms with Gasteiger partial charge in [-0.2, -0.15) is 0 Å². The first-order valence-corrected chi connectivity index (χ1v) is 15.5. The van der Waals surface area contributed by atoms with Crippen LogP contribution in [0.1, 0.15) is 67.7 Å². The van der Waals surface area contributed by atoms with Gasteiger partial charge in [-0.1, -0.05) is 41.5 Å². The summed E-state index contributed by atoms with van der Waals surface area (Å²) < 4.78 is 56.1. The van der Waals surface area contributed by atoms with E-state index in [0.717, 1.165) is 12.8 Å². The maximum Gasteiger partial charge on any atom is 0.323 e. The van der Waals surface area contributed by atoms with Crippen LogP contribution in [-0.2, 0) is 28.2 Å². The molecule has 3 unspecified atom stereocenters. The van der Waals surface area contributed by atoms with Crippen LogP contribution in [0.5, 0.6) is 0 Å². The molecule has 1 aliphatic carbocycles. The summed E-state index contributed by atoms with van der Waals surface area (Å²) in [6, 6.07) is 0. The SMILES string of the molecule is CCOC(=O)C1(CO[SiH](C)C)C(NC(=O)C(C)(C)C)=C(F)C(C(C)(C)C)=C(F)C1OC1CCCCO1. The molecule has 1 aliphatic heterocycles. The highest BCUT2D eigenvalue weighted by Crippen LogP contribution is 2.51. The topological polar surface area (TPSA) is 83.1 Å². The Labute approximate surface area is 215 Å². The fourth-order valence-electron chi connectivity index (χ4n) is 4.18. The number of hydrogen-bond donors (Lipinski definition) is 1. The van der Waals surface area contributed by atoms with Gasteiger partial charge in [-0.3, -0.25) is 9.59 Å². The summed E-state index contributed by atoms with van der Waals surface area (Å²) in [7, 11) is -1.80.